The molecule has 0 bridgehead atoms. The van der Waals surface area contributed by atoms with Crippen molar-refractivity contribution in [1.82, 2.24) is 4.90 Å². The summed E-state index contributed by atoms with van der Waals surface area (Å²) < 4.78 is 0. The lowest BCUT2D eigenvalue weighted by Gasteiger charge is -2.36. The number of carbonyl (C=O) groups is 1. The molecule has 1 rings (SSSR count). The van der Waals surface area contributed by atoms with E-state index < -0.39 is 0 Å². The van der Waals surface area contributed by atoms with Gasteiger partial charge in [-0.25, -0.2) is 0 Å². The van der Waals surface area contributed by atoms with E-state index in [1.54, 1.807) is 4.90 Å². The van der Waals surface area contributed by atoms with E-state index in [1.807, 2.05) is 6.07 Å². The summed E-state index contributed by atoms with van der Waals surface area (Å²) in [5.74, 6) is 0.574. The SMILES string of the molecule is CC(C)CC1CN(C(=O)CC#N)CCC1O. The third-order valence-corrected chi connectivity index (χ3v) is 3.05. The molecule has 16 heavy (non-hydrogen) atoms. The maximum Gasteiger partial charge on any atom is 0.236 e. The van der Waals surface area contributed by atoms with E-state index in [-0.39, 0.29) is 24.3 Å². The molecule has 2 unspecified atom stereocenters. The van der Waals surface area contributed by atoms with Gasteiger partial charge in [0.05, 0.1) is 12.2 Å². The van der Waals surface area contributed by atoms with Gasteiger partial charge in [0.25, 0.3) is 0 Å². The second kappa shape index (κ2) is 5.86. The van der Waals surface area contributed by atoms with Crippen LogP contribution in [0.1, 0.15) is 33.1 Å². The molecule has 0 saturated carbocycles. The number of nitriles is 1. The van der Waals surface area contributed by atoms with Crippen molar-refractivity contribution in [3.8, 4) is 6.07 Å². The first-order chi connectivity index (χ1) is 7.54. The van der Waals surface area contributed by atoms with Gasteiger partial charge in [-0.15, -0.1) is 0 Å². The average molecular weight is 224 g/mol. The third-order valence-electron chi connectivity index (χ3n) is 3.05. The molecule has 0 aromatic heterocycles. The van der Waals surface area contributed by atoms with Gasteiger partial charge < -0.3 is 10.0 Å². The number of aliphatic hydroxyl groups is 1. The quantitative estimate of drug-likeness (QED) is 0.782. The molecule has 1 aliphatic heterocycles. The van der Waals surface area contributed by atoms with Crippen molar-refractivity contribution in [3.05, 3.63) is 0 Å². The molecule has 1 fully saturated rings. The zero-order valence-corrected chi connectivity index (χ0v) is 10.0. The molecular weight excluding hydrogens is 204 g/mol. The van der Waals surface area contributed by atoms with Gasteiger partial charge in [-0.3, -0.25) is 4.79 Å². The van der Waals surface area contributed by atoms with Gasteiger partial charge >= 0.3 is 0 Å². The lowest BCUT2D eigenvalue weighted by atomic mass is 9.87. The number of rotatable bonds is 3. The van der Waals surface area contributed by atoms with Crippen LogP contribution in [0.5, 0.6) is 0 Å². The predicted molar refractivity (Wildman–Crippen MR) is 60.4 cm³/mol. The smallest absolute Gasteiger partial charge is 0.236 e. The molecule has 1 heterocycles. The first-order valence-corrected chi connectivity index (χ1v) is 5.87. The lowest BCUT2D eigenvalue weighted by molar-refractivity contribution is -0.134. The number of carbonyl (C=O) groups excluding carboxylic acids is 1. The molecule has 1 N–H and O–H groups in total. The van der Waals surface area contributed by atoms with Crippen LogP contribution in [0.2, 0.25) is 0 Å². The largest absolute Gasteiger partial charge is 0.393 e. The average Bonchev–Trinajstić information content (AvgIpc) is 2.21. The molecule has 0 spiro atoms. The highest BCUT2D eigenvalue weighted by Gasteiger charge is 2.30. The van der Waals surface area contributed by atoms with Crippen molar-refractivity contribution >= 4 is 5.91 Å². The summed E-state index contributed by atoms with van der Waals surface area (Å²) in [6.07, 6.45) is 1.21. The van der Waals surface area contributed by atoms with Gasteiger partial charge in [-0.2, -0.15) is 5.26 Å². The van der Waals surface area contributed by atoms with Crippen LogP contribution in [-0.2, 0) is 4.79 Å². The van der Waals surface area contributed by atoms with E-state index in [0.717, 1.165) is 6.42 Å². The standard InChI is InChI=1S/C12H20N2O2/c1-9(2)7-10-8-14(6-4-11(10)15)12(16)3-5-13/h9-11,15H,3-4,6-8H2,1-2H3. The molecule has 0 radical (unpaired) electrons. The first-order valence-electron chi connectivity index (χ1n) is 5.87. The monoisotopic (exact) mass is 224 g/mol. The highest BCUT2D eigenvalue weighted by Crippen LogP contribution is 2.24. The van der Waals surface area contributed by atoms with Gasteiger partial charge in [0.15, 0.2) is 0 Å². The molecule has 90 valence electrons. The molecule has 0 aliphatic carbocycles. The van der Waals surface area contributed by atoms with Crippen LogP contribution in [0.3, 0.4) is 0 Å². The fraction of sp³-hybridized carbons (Fsp3) is 0.833. The van der Waals surface area contributed by atoms with Crippen LogP contribution in [0.25, 0.3) is 0 Å². The fourth-order valence-electron chi connectivity index (χ4n) is 2.26. The Labute approximate surface area is 96.9 Å². The highest BCUT2D eigenvalue weighted by atomic mass is 16.3. The van der Waals surface area contributed by atoms with Crippen LogP contribution in [0, 0.1) is 23.2 Å². The number of piperidine rings is 1. The Kier molecular flexibility index (Phi) is 4.75. The molecule has 1 saturated heterocycles. The number of nitrogens with zero attached hydrogens (tertiary/aromatic N) is 2. The summed E-state index contributed by atoms with van der Waals surface area (Å²) in [6, 6.07) is 1.88. The molecular formula is C12H20N2O2. The number of amides is 1. The molecule has 1 amide bonds. The van der Waals surface area contributed by atoms with Crippen molar-refractivity contribution in [1.29, 1.82) is 5.26 Å². The van der Waals surface area contributed by atoms with E-state index in [4.69, 9.17) is 5.26 Å². The maximum absolute atomic E-state index is 11.6. The summed E-state index contributed by atoms with van der Waals surface area (Å²) in [6.45, 7) is 5.40. The molecule has 4 nitrogen and oxygen atoms in total. The van der Waals surface area contributed by atoms with Crippen molar-refractivity contribution in [2.45, 2.75) is 39.2 Å². The summed E-state index contributed by atoms with van der Waals surface area (Å²) >= 11 is 0. The van der Waals surface area contributed by atoms with Crippen LogP contribution >= 0.6 is 0 Å². The predicted octanol–water partition coefficient (Wildman–Crippen LogP) is 1.16. The second-order valence-electron chi connectivity index (χ2n) is 4.92. The topological polar surface area (TPSA) is 64.3 Å². The Bertz CT molecular complexity index is 283. The Morgan fingerprint density at radius 1 is 1.62 bits per heavy atom. The summed E-state index contributed by atoms with van der Waals surface area (Å²) in [7, 11) is 0. The van der Waals surface area contributed by atoms with Crippen molar-refractivity contribution in [2.75, 3.05) is 13.1 Å². The summed E-state index contributed by atoms with van der Waals surface area (Å²) in [5.41, 5.74) is 0. The van der Waals surface area contributed by atoms with Gasteiger partial charge in [0.2, 0.25) is 5.91 Å². The third kappa shape index (κ3) is 3.49. The van der Waals surface area contributed by atoms with Crippen LogP contribution in [0.4, 0.5) is 0 Å². The number of aliphatic hydroxyl groups excluding tert-OH is 1. The van der Waals surface area contributed by atoms with Gasteiger partial charge in [-0.05, 0) is 18.8 Å². The van der Waals surface area contributed by atoms with E-state index in [1.165, 1.54) is 0 Å². The van der Waals surface area contributed by atoms with Gasteiger partial charge in [-0.1, -0.05) is 13.8 Å². The second-order valence-corrected chi connectivity index (χ2v) is 4.92. The molecule has 4 heteroatoms. The van der Waals surface area contributed by atoms with Crippen molar-refractivity contribution in [3.63, 3.8) is 0 Å². The van der Waals surface area contributed by atoms with E-state index >= 15 is 0 Å². The van der Waals surface area contributed by atoms with E-state index in [2.05, 4.69) is 13.8 Å². The van der Waals surface area contributed by atoms with E-state index in [9.17, 15) is 9.90 Å². The molecule has 0 aromatic carbocycles. The zero-order chi connectivity index (χ0) is 12.1. The minimum Gasteiger partial charge on any atom is -0.393 e. The molecule has 2 atom stereocenters. The Morgan fingerprint density at radius 2 is 2.31 bits per heavy atom. The Morgan fingerprint density at radius 3 is 2.88 bits per heavy atom. The minimum absolute atomic E-state index is 0.0511. The molecule has 1 aliphatic rings. The maximum atomic E-state index is 11.6. The van der Waals surface area contributed by atoms with Crippen LogP contribution in [0.15, 0.2) is 0 Å². The first kappa shape index (κ1) is 13.0. The summed E-state index contributed by atoms with van der Waals surface area (Å²) in [4.78, 5) is 13.3. The molecule has 0 aromatic rings. The zero-order valence-electron chi connectivity index (χ0n) is 10.0. The van der Waals surface area contributed by atoms with Crippen LogP contribution < -0.4 is 0 Å². The Hall–Kier alpha value is -1.08. The van der Waals surface area contributed by atoms with Gasteiger partial charge in [0, 0.05) is 19.0 Å². The fourth-order valence-corrected chi connectivity index (χ4v) is 2.26. The number of likely N-dealkylation sites (tertiary alicyclic amines) is 1. The van der Waals surface area contributed by atoms with Gasteiger partial charge in [0.1, 0.15) is 6.42 Å². The Balaban J connectivity index is 2.53. The number of hydrogen-bond donors (Lipinski definition) is 1. The van der Waals surface area contributed by atoms with E-state index in [0.29, 0.717) is 25.4 Å². The van der Waals surface area contributed by atoms with Crippen molar-refractivity contribution < 1.29 is 9.90 Å². The number of hydrogen-bond acceptors (Lipinski definition) is 3. The lowest BCUT2D eigenvalue weighted by Crippen LogP contribution is -2.46. The minimum atomic E-state index is -0.298. The van der Waals surface area contributed by atoms with Crippen LogP contribution in [-0.4, -0.2) is 35.1 Å². The highest BCUT2D eigenvalue weighted by molar-refractivity contribution is 5.78. The van der Waals surface area contributed by atoms with Crippen molar-refractivity contribution in [2.24, 2.45) is 11.8 Å². The summed E-state index contributed by atoms with van der Waals surface area (Å²) in [5, 5.41) is 18.3. The normalized spacial score (nSPS) is 25.6.